The molecule has 5 nitrogen and oxygen atoms in total. The largest absolute Gasteiger partial charge is 0.355 e. The maximum absolute atomic E-state index is 11.5. The average molecular weight is 290 g/mol. The van der Waals surface area contributed by atoms with Crippen LogP contribution in [0.15, 0.2) is 29.4 Å². The molecule has 1 aromatic heterocycles. The Morgan fingerprint density at radius 3 is 2.80 bits per heavy atom. The highest BCUT2D eigenvalue weighted by Gasteiger charge is 2.08. The Morgan fingerprint density at radius 2 is 2.10 bits per heavy atom. The Bertz CT molecular complexity index is 565. The van der Waals surface area contributed by atoms with Crippen LogP contribution in [0, 0.1) is 6.92 Å². The molecule has 0 bridgehead atoms. The molecular weight excluding hydrogens is 272 g/mol. The number of nitrogens with zero attached hydrogens (tertiary/aromatic N) is 2. The first-order chi connectivity index (χ1) is 9.69. The summed E-state index contributed by atoms with van der Waals surface area (Å²) in [4.78, 5) is 15.9. The Morgan fingerprint density at radius 1 is 1.35 bits per heavy atom. The molecular formula is C14H18N4OS. The van der Waals surface area contributed by atoms with E-state index in [1.165, 1.54) is 17.3 Å². The van der Waals surface area contributed by atoms with Crippen LogP contribution < -0.4 is 5.32 Å². The number of hydrogen-bond acceptors (Lipinski definition) is 4. The molecule has 1 aromatic carbocycles. The summed E-state index contributed by atoms with van der Waals surface area (Å²) in [6, 6.07) is 8.06. The zero-order valence-electron chi connectivity index (χ0n) is 11.6. The number of H-pyrrole nitrogens is 1. The van der Waals surface area contributed by atoms with Gasteiger partial charge in [-0.05, 0) is 13.3 Å². The van der Waals surface area contributed by atoms with Crippen molar-refractivity contribution < 1.29 is 4.79 Å². The second kappa shape index (κ2) is 7.09. The third-order valence-electron chi connectivity index (χ3n) is 2.69. The second-order valence-electron chi connectivity index (χ2n) is 4.47. The summed E-state index contributed by atoms with van der Waals surface area (Å²) in [6.45, 7) is 4.78. The molecule has 0 atom stereocenters. The van der Waals surface area contributed by atoms with E-state index >= 15 is 0 Å². The van der Waals surface area contributed by atoms with E-state index in [1.807, 2.05) is 38.1 Å². The molecule has 2 rings (SSSR count). The van der Waals surface area contributed by atoms with Gasteiger partial charge in [-0.25, -0.2) is 4.98 Å². The van der Waals surface area contributed by atoms with Crippen LogP contribution in [0.25, 0.3) is 11.4 Å². The SMILES string of the molecule is CCCNC(=O)CSc1n[nH]c(-c2ccc(C)cc2)n1. The first kappa shape index (κ1) is 14.6. The number of carbonyl (C=O) groups excluding carboxylic acids is 1. The Labute approximate surface area is 122 Å². The van der Waals surface area contributed by atoms with E-state index in [2.05, 4.69) is 20.5 Å². The van der Waals surface area contributed by atoms with Crippen LogP contribution in [0.1, 0.15) is 18.9 Å². The normalized spacial score (nSPS) is 10.5. The van der Waals surface area contributed by atoms with E-state index in [-0.39, 0.29) is 5.91 Å². The van der Waals surface area contributed by atoms with Crippen LogP contribution in [0.5, 0.6) is 0 Å². The third kappa shape index (κ3) is 4.09. The molecule has 0 aliphatic carbocycles. The lowest BCUT2D eigenvalue weighted by molar-refractivity contribution is -0.118. The fraction of sp³-hybridized carbons (Fsp3) is 0.357. The smallest absolute Gasteiger partial charge is 0.230 e. The molecule has 20 heavy (non-hydrogen) atoms. The maximum atomic E-state index is 11.5. The number of nitrogens with one attached hydrogen (secondary N) is 2. The van der Waals surface area contributed by atoms with Gasteiger partial charge < -0.3 is 5.32 Å². The van der Waals surface area contributed by atoms with Crippen molar-refractivity contribution >= 4 is 17.7 Å². The van der Waals surface area contributed by atoms with Crippen LogP contribution >= 0.6 is 11.8 Å². The quantitative estimate of drug-likeness (QED) is 0.801. The summed E-state index contributed by atoms with van der Waals surface area (Å²) in [5.41, 5.74) is 2.20. The minimum atomic E-state index is 0.0125. The Hall–Kier alpha value is -1.82. The summed E-state index contributed by atoms with van der Waals surface area (Å²) in [7, 11) is 0. The number of rotatable bonds is 6. The van der Waals surface area contributed by atoms with Crippen molar-refractivity contribution in [2.45, 2.75) is 25.4 Å². The fourth-order valence-electron chi connectivity index (χ4n) is 1.60. The Balaban J connectivity index is 1.92. The summed E-state index contributed by atoms with van der Waals surface area (Å²) in [5.74, 6) is 1.07. The lowest BCUT2D eigenvalue weighted by Gasteiger charge is -2.00. The van der Waals surface area contributed by atoms with Crippen LogP contribution in [0.2, 0.25) is 0 Å². The molecule has 1 heterocycles. The third-order valence-corrected chi connectivity index (χ3v) is 3.54. The van der Waals surface area contributed by atoms with Crippen molar-refractivity contribution in [3.63, 3.8) is 0 Å². The molecule has 0 spiro atoms. The summed E-state index contributed by atoms with van der Waals surface area (Å²) < 4.78 is 0. The zero-order valence-corrected chi connectivity index (χ0v) is 12.5. The first-order valence-corrected chi connectivity index (χ1v) is 7.56. The van der Waals surface area contributed by atoms with E-state index in [1.54, 1.807) is 0 Å². The molecule has 2 aromatic rings. The molecule has 0 unspecified atom stereocenters. The number of amides is 1. The van der Waals surface area contributed by atoms with E-state index < -0.39 is 0 Å². The fourth-order valence-corrected chi connectivity index (χ4v) is 2.23. The topological polar surface area (TPSA) is 70.7 Å². The van der Waals surface area contributed by atoms with Gasteiger partial charge in [-0.15, -0.1) is 5.10 Å². The van der Waals surface area contributed by atoms with E-state index in [9.17, 15) is 4.79 Å². The van der Waals surface area contributed by atoms with Gasteiger partial charge in [0.25, 0.3) is 0 Å². The standard InChI is InChI=1S/C14H18N4OS/c1-3-8-15-12(19)9-20-14-16-13(17-18-14)11-6-4-10(2)5-7-11/h4-7H,3,8-9H2,1-2H3,(H,15,19)(H,16,17,18). The lowest BCUT2D eigenvalue weighted by atomic mass is 10.1. The molecule has 0 saturated carbocycles. The van der Waals surface area contributed by atoms with Crippen LogP contribution in [-0.4, -0.2) is 33.4 Å². The molecule has 0 fully saturated rings. The van der Waals surface area contributed by atoms with Crippen molar-refractivity contribution in [1.82, 2.24) is 20.5 Å². The zero-order chi connectivity index (χ0) is 14.4. The molecule has 1 amide bonds. The monoisotopic (exact) mass is 290 g/mol. The second-order valence-corrected chi connectivity index (χ2v) is 5.41. The predicted octanol–water partition coefficient (Wildman–Crippen LogP) is 2.40. The maximum Gasteiger partial charge on any atom is 0.230 e. The minimum Gasteiger partial charge on any atom is -0.355 e. The van der Waals surface area contributed by atoms with Crippen LogP contribution in [0.3, 0.4) is 0 Å². The molecule has 2 N–H and O–H groups in total. The van der Waals surface area contributed by atoms with Gasteiger partial charge in [0.2, 0.25) is 11.1 Å². The van der Waals surface area contributed by atoms with Gasteiger partial charge in [-0.2, -0.15) is 0 Å². The van der Waals surface area contributed by atoms with E-state index in [4.69, 9.17) is 0 Å². The number of aryl methyl sites for hydroxylation is 1. The number of hydrogen-bond donors (Lipinski definition) is 2. The average Bonchev–Trinajstić information content (AvgIpc) is 2.92. The molecule has 6 heteroatoms. The van der Waals surface area contributed by atoms with Crippen molar-refractivity contribution in [3.8, 4) is 11.4 Å². The predicted molar refractivity (Wildman–Crippen MR) is 80.6 cm³/mol. The van der Waals surface area contributed by atoms with Crippen molar-refractivity contribution in [2.24, 2.45) is 0 Å². The molecule has 0 aliphatic rings. The number of benzene rings is 1. The molecule has 0 aliphatic heterocycles. The highest BCUT2D eigenvalue weighted by molar-refractivity contribution is 7.99. The van der Waals surface area contributed by atoms with Gasteiger partial charge in [0, 0.05) is 12.1 Å². The highest BCUT2D eigenvalue weighted by Crippen LogP contribution is 2.19. The van der Waals surface area contributed by atoms with Gasteiger partial charge in [-0.3, -0.25) is 9.89 Å². The molecule has 106 valence electrons. The number of aromatic amines is 1. The van der Waals surface area contributed by atoms with Crippen molar-refractivity contribution in [2.75, 3.05) is 12.3 Å². The van der Waals surface area contributed by atoms with E-state index in [0.717, 1.165) is 17.8 Å². The molecule has 0 saturated heterocycles. The van der Waals surface area contributed by atoms with Gasteiger partial charge in [0.15, 0.2) is 5.82 Å². The lowest BCUT2D eigenvalue weighted by Crippen LogP contribution is -2.25. The first-order valence-electron chi connectivity index (χ1n) is 6.58. The minimum absolute atomic E-state index is 0.0125. The van der Waals surface area contributed by atoms with Gasteiger partial charge >= 0.3 is 0 Å². The van der Waals surface area contributed by atoms with Crippen molar-refractivity contribution in [3.05, 3.63) is 29.8 Å². The van der Waals surface area contributed by atoms with Crippen LogP contribution in [0.4, 0.5) is 0 Å². The van der Waals surface area contributed by atoms with E-state index in [0.29, 0.717) is 17.5 Å². The van der Waals surface area contributed by atoms with Crippen molar-refractivity contribution in [1.29, 1.82) is 0 Å². The summed E-state index contributed by atoms with van der Waals surface area (Å²) >= 11 is 1.33. The van der Waals surface area contributed by atoms with Gasteiger partial charge in [0.1, 0.15) is 0 Å². The molecule has 0 radical (unpaired) electrons. The van der Waals surface area contributed by atoms with Crippen LogP contribution in [-0.2, 0) is 4.79 Å². The Kier molecular flexibility index (Phi) is 5.17. The van der Waals surface area contributed by atoms with Gasteiger partial charge in [0.05, 0.1) is 5.75 Å². The summed E-state index contributed by atoms with van der Waals surface area (Å²) in [6.07, 6.45) is 0.939. The number of carbonyl (C=O) groups is 1. The van der Waals surface area contributed by atoms with Gasteiger partial charge in [-0.1, -0.05) is 48.5 Å². The highest BCUT2D eigenvalue weighted by atomic mass is 32.2. The summed E-state index contributed by atoms with van der Waals surface area (Å²) in [5, 5.41) is 10.4. The number of aromatic nitrogens is 3. The number of thioether (sulfide) groups is 1.